The molecule has 0 saturated carbocycles. The van der Waals surface area contributed by atoms with Gasteiger partial charge in [-0.25, -0.2) is 0 Å². The minimum atomic E-state index is -4.47. The van der Waals surface area contributed by atoms with Gasteiger partial charge in [-0.2, -0.15) is 13.2 Å². The summed E-state index contributed by atoms with van der Waals surface area (Å²) in [5.41, 5.74) is 1.62. The molecule has 1 fully saturated rings. The Bertz CT molecular complexity index is 626. The van der Waals surface area contributed by atoms with E-state index in [1.807, 2.05) is 35.6 Å². The Morgan fingerprint density at radius 3 is 2.58 bits per heavy atom. The van der Waals surface area contributed by atoms with Crippen molar-refractivity contribution in [2.24, 2.45) is 0 Å². The van der Waals surface area contributed by atoms with E-state index >= 15 is 0 Å². The Balaban J connectivity index is 2.04. The molecule has 0 spiro atoms. The summed E-state index contributed by atoms with van der Waals surface area (Å²) in [6, 6.07) is 8.42. The van der Waals surface area contributed by atoms with Gasteiger partial charge in [0, 0.05) is 12.6 Å². The van der Waals surface area contributed by atoms with Gasteiger partial charge in [-0.3, -0.25) is 9.59 Å². The van der Waals surface area contributed by atoms with E-state index in [4.69, 9.17) is 0 Å². The van der Waals surface area contributed by atoms with Gasteiger partial charge in [0.1, 0.15) is 12.6 Å². The zero-order chi connectivity index (χ0) is 17.7. The SMILES string of the molecule is C/C(=C/C(=O)N1CCC[C@@H]1C(=O)NCC(F)(F)F)c1ccccc1. The summed E-state index contributed by atoms with van der Waals surface area (Å²) in [6.45, 7) is 0.757. The van der Waals surface area contributed by atoms with E-state index < -0.39 is 24.7 Å². The molecule has 130 valence electrons. The topological polar surface area (TPSA) is 49.4 Å². The quantitative estimate of drug-likeness (QED) is 0.857. The van der Waals surface area contributed by atoms with Crippen LogP contribution in [0.15, 0.2) is 36.4 Å². The highest BCUT2D eigenvalue weighted by Gasteiger charge is 2.35. The molecular formula is C17H19F3N2O2. The van der Waals surface area contributed by atoms with Crippen LogP contribution >= 0.6 is 0 Å². The highest BCUT2D eigenvalue weighted by molar-refractivity contribution is 5.98. The van der Waals surface area contributed by atoms with Crippen molar-refractivity contribution in [1.29, 1.82) is 0 Å². The smallest absolute Gasteiger partial charge is 0.345 e. The zero-order valence-corrected chi connectivity index (χ0v) is 13.3. The van der Waals surface area contributed by atoms with E-state index in [0.29, 0.717) is 19.4 Å². The molecule has 1 atom stereocenters. The molecule has 7 heteroatoms. The van der Waals surface area contributed by atoms with E-state index in [-0.39, 0.29) is 5.91 Å². The Morgan fingerprint density at radius 1 is 1.29 bits per heavy atom. The van der Waals surface area contributed by atoms with Crippen molar-refractivity contribution < 1.29 is 22.8 Å². The lowest BCUT2D eigenvalue weighted by Gasteiger charge is -2.23. The average molecular weight is 340 g/mol. The van der Waals surface area contributed by atoms with E-state index in [1.165, 1.54) is 11.0 Å². The van der Waals surface area contributed by atoms with Crippen molar-refractivity contribution >= 4 is 17.4 Å². The number of alkyl halides is 3. The molecule has 1 saturated heterocycles. The van der Waals surface area contributed by atoms with Crippen LogP contribution in [0.1, 0.15) is 25.3 Å². The summed E-state index contributed by atoms with van der Waals surface area (Å²) in [4.78, 5) is 25.7. The number of hydrogen-bond donors (Lipinski definition) is 1. The average Bonchev–Trinajstić information content (AvgIpc) is 3.02. The number of carbonyl (C=O) groups excluding carboxylic acids is 2. The first-order chi connectivity index (χ1) is 11.3. The number of allylic oxidation sites excluding steroid dienone is 1. The van der Waals surface area contributed by atoms with E-state index in [9.17, 15) is 22.8 Å². The molecule has 0 radical (unpaired) electrons. The number of amides is 2. The Kier molecular flexibility index (Phi) is 5.64. The third-order valence-corrected chi connectivity index (χ3v) is 3.87. The third-order valence-electron chi connectivity index (χ3n) is 3.87. The number of nitrogens with zero attached hydrogens (tertiary/aromatic N) is 1. The summed E-state index contributed by atoms with van der Waals surface area (Å²) >= 11 is 0. The second kappa shape index (κ2) is 7.51. The van der Waals surface area contributed by atoms with Crippen LogP contribution in [-0.4, -0.2) is 42.0 Å². The van der Waals surface area contributed by atoms with Gasteiger partial charge in [0.05, 0.1) is 0 Å². The second-order valence-corrected chi connectivity index (χ2v) is 5.72. The van der Waals surface area contributed by atoms with Crippen LogP contribution in [0, 0.1) is 0 Å². The fraction of sp³-hybridized carbons (Fsp3) is 0.412. The number of hydrogen-bond acceptors (Lipinski definition) is 2. The van der Waals surface area contributed by atoms with Gasteiger partial charge < -0.3 is 10.2 Å². The lowest BCUT2D eigenvalue weighted by Crippen LogP contribution is -2.47. The maximum atomic E-state index is 12.4. The maximum absolute atomic E-state index is 12.4. The highest BCUT2D eigenvalue weighted by Crippen LogP contribution is 2.21. The zero-order valence-electron chi connectivity index (χ0n) is 13.3. The molecule has 1 aromatic carbocycles. The van der Waals surface area contributed by atoms with E-state index in [0.717, 1.165) is 11.1 Å². The molecule has 0 unspecified atom stereocenters. The van der Waals surface area contributed by atoms with Gasteiger partial charge in [0.25, 0.3) is 0 Å². The molecular weight excluding hydrogens is 321 g/mol. The van der Waals surface area contributed by atoms with Crippen LogP contribution in [0.2, 0.25) is 0 Å². The van der Waals surface area contributed by atoms with Gasteiger partial charge in [0.15, 0.2) is 0 Å². The van der Waals surface area contributed by atoms with Crippen LogP contribution in [0.4, 0.5) is 13.2 Å². The molecule has 0 aromatic heterocycles. The number of benzene rings is 1. The minimum Gasteiger partial charge on any atom is -0.345 e. The van der Waals surface area contributed by atoms with Crippen molar-refractivity contribution in [3.05, 3.63) is 42.0 Å². The van der Waals surface area contributed by atoms with Gasteiger partial charge in [-0.1, -0.05) is 30.3 Å². The van der Waals surface area contributed by atoms with Crippen LogP contribution in [0.3, 0.4) is 0 Å². The molecule has 1 aliphatic rings. The third kappa shape index (κ3) is 4.84. The lowest BCUT2D eigenvalue weighted by molar-refractivity contribution is -0.143. The van der Waals surface area contributed by atoms with Gasteiger partial charge in [-0.15, -0.1) is 0 Å². The lowest BCUT2D eigenvalue weighted by atomic mass is 10.1. The predicted octanol–water partition coefficient (Wildman–Crippen LogP) is 2.76. The monoisotopic (exact) mass is 340 g/mol. The molecule has 4 nitrogen and oxygen atoms in total. The number of nitrogens with one attached hydrogen (secondary N) is 1. The Labute approximate surface area is 138 Å². The fourth-order valence-electron chi connectivity index (χ4n) is 2.66. The summed E-state index contributed by atoms with van der Waals surface area (Å²) in [5, 5.41) is 1.86. The summed E-state index contributed by atoms with van der Waals surface area (Å²) in [7, 11) is 0. The summed E-state index contributed by atoms with van der Waals surface area (Å²) < 4.78 is 36.6. The fourth-order valence-corrected chi connectivity index (χ4v) is 2.66. The van der Waals surface area contributed by atoms with Crippen molar-refractivity contribution in [2.75, 3.05) is 13.1 Å². The first-order valence-electron chi connectivity index (χ1n) is 7.67. The van der Waals surface area contributed by atoms with Crippen molar-refractivity contribution in [2.45, 2.75) is 32.0 Å². The largest absolute Gasteiger partial charge is 0.405 e. The van der Waals surface area contributed by atoms with Crippen LogP contribution in [-0.2, 0) is 9.59 Å². The molecule has 0 aliphatic carbocycles. The van der Waals surface area contributed by atoms with Gasteiger partial charge >= 0.3 is 6.18 Å². The molecule has 2 amide bonds. The molecule has 0 bridgehead atoms. The predicted molar refractivity (Wildman–Crippen MR) is 83.9 cm³/mol. The van der Waals surface area contributed by atoms with Gasteiger partial charge in [-0.05, 0) is 30.9 Å². The number of likely N-dealkylation sites (tertiary alicyclic amines) is 1. The molecule has 2 rings (SSSR count). The van der Waals surface area contributed by atoms with Crippen molar-refractivity contribution in [1.82, 2.24) is 10.2 Å². The Hall–Kier alpha value is -2.31. The normalized spacial score (nSPS) is 18.6. The molecule has 1 heterocycles. The molecule has 1 aromatic rings. The standard InChI is InChI=1S/C17H19F3N2O2/c1-12(13-6-3-2-4-7-13)10-15(23)22-9-5-8-14(22)16(24)21-11-17(18,19)20/h2-4,6-7,10,14H,5,8-9,11H2,1H3,(H,21,24)/b12-10-/t14-/m1/s1. The van der Waals surface area contributed by atoms with E-state index in [1.54, 1.807) is 6.92 Å². The first-order valence-corrected chi connectivity index (χ1v) is 7.67. The number of halogens is 3. The molecule has 24 heavy (non-hydrogen) atoms. The molecule has 1 N–H and O–H groups in total. The second-order valence-electron chi connectivity index (χ2n) is 5.72. The molecule has 1 aliphatic heterocycles. The summed E-state index contributed by atoms with van der Waals surface area (Å²) in [5.74, 6) is -1.12. The first kappa shape index (κ1) is 18.0. The van der Waals surface area contributed by atoms with Crippen LogP contribution < -0.4 is 5.32 Å². The minimum absolute atomic E-state index is 0.360. The highest BCUT2D eigenvalue weighted by atomic mass is 19.4. The van der Waals surface area contributed by atoms with E-state index in [2.05, 4.69) is 0 Å². The number of rotatable bonds is 4. The number of carbonyl (C=O) groups is 2. The van der Waals surface area contributed by atoms with Gasteiger partial charge in [0.2, 0.25) is 11.8 Å². The Morgan fingerprint density at radius 2 is 1.96 bits per heavy atom. The van der Waals surface area contributed by atoms with Crippen LogP contribution in [0.5, 0.6) is 0 Å². The van der Waals surface area contributed by atoms with Crippen molar-refractivity contribution in [3.63, 3.8) is 0 Å². The van der Waals surface area contributed by atoms with Crippen molar-refractivity contribution in [3.8, 4) is 0 Å². The summed E-state index contributed by atoms with van der Waals surface area (Å²) in [6.07, 6.45) is -2.08. The van der Waals surface area contributed by atoms with Crippen LogP contribution in [0.25, 0.3) is 5.57 Å². The maximum Gasteiger partial charge on any atom is 0.405 e.